The minimum absolute atomic E-state index is 0.336. The van der Waals surface area contributed by atoms with Crippen molar-refractivity contribution in [2.24, 2.45) is 0 Å². The fraction of sp³-hybridized carbons (Fsp3) is 0.588. The van der Waals surface area contributed by atoms with Crippen LogP contribution in [-0.4, -0.2) is 17.6 Å². The lowest BCUT2D eigenvalue weighted by molar-refractivity contribution is 0.0697. The number of carbonyl (C=O) groups is 1. The predicted octanol–water partition coefficient (Wildman–Crippen LogP) is 4.94. The van der Waals surface area contributed by atoms with Crippen molar-refractivity contribution in [1.29, 1.82) is 0 Å². The van der Waals surface area contributed by atoms with Crippen molar-refractivity contribution in [3.05, 3.63) is 29.8 Å². The van der Waals surface area contributed by atoms with Crippen LogP contribution in [0, 0.1) is 0 Å². The van der Waals surface area contributed by atoms with Gasteiger partial charge in [-0.05, 0) is 30.7 Å². The molecule has 0 atom stereocenters. The second-order valence-corrected chi connectivity index (χ2v) is 5.28. The summed E-state index contributed by atoms with van der Waals surface area (Å²) in [5.74, 6) is -0.875. The van der Waals surface area contributed by atoms with Crippen LogP contribution in [0.15, 0.2) is 24.3 Å². The molecular weight excluding hydrogens is 250 g/mol. The lowest BCUT2D eigenvalue weighted by atomic mass is 10.1. The number of anilines is 1. The highest BCUT2D eigenvalue weighted by Crippen LogP contribution is 2.11. The second kappa shape index (κ2) is 10.3. The van der Waals surface area contributed by atoms with Crippen LogP contribution in [0.3, 0.4) is 0 Å². The van der Waals surface area contributed by atoms with Crippen LogP contribution in [0.1, 0.15) is 68.6 Å². The normalized spacial score (nSPS) is 10.4. The van der Waals surface area contributed by atoms with Gasteiger partial charge >= 0.3 is 5.97 Å². The molecule has 0 radical (unpaired) electrons. The topological polar surface area (TPSA) is 49.3 Å². The van der Waals surface area contributed by atoms with E-state index in [1.807, 2.05) is 12.1 Å². The van der Waals surface area contributed by atoms with Gasteiger partial charge in [0.2, 0.25) is 0 Å². The van der Waals surface area contributed by atoms with Crippen molar-refractivity contribution in [3.63, 3.8) is 0 Å². The molecule has 1 rings (SSSR count). The summed E-state index contributed by atoms with van der Waals surface area (Å²) in [6, 6.07) is 6.93. The minimum Gasteiger partial charge on any atom is -0.478 e. The highest BCUT2D eigenvalue weighted by Gasteiger charge is 2.00. The van der Waals surface area contributed by atoms with Gasteiger partial charge in [-0.3, -0.25) is 0 Å². The maximum absolute atomic E-state index is 10.7. The average Bonchev–Trinajstić information content (AvgIpc) is 2.46. The summed E-state index contributed by atoms with van der Waals surface area (Å²) in [5, 5.41) is 12.1. The molecule has 0 heterocycles. The maximum atomic E-state index is 10.7. The molecular formula is C17H27NO2. The van der Waals surface area contributed by atoms with Gasteiger partial charge in [0.25, 0.3) is 0 Å². The van der Waals surface area contributed by atoms with Crippen molar-refractivity contribution in [2.45, 2.75) is 58.3 Å². The fourth-order valence-electron chi connectivity index (χ4n) is 2.22. The molecule has 1 aromatic rings. The second-order valence-electron chi connectivity index (χ2n) is 5.28. The first-order valence-corrected chi connectivity index (χ1v) is 7.81. The van der Waals surface area contributed by atoms with Gasteiger partial charge in [0.15, 0.2) is 0 Å². The summed E-state index contributed by atoms with van der Waals surface area (Å²) in [6.07, 6.45) is 10.6. The molecule has 0 aromatic heterocycles. The number of benzene rings is 1. The Balaban J connectivity index is 2.02. The van der Waals surface area contributed by atoms with E-state index < -0.39 is 5.97 Å². The van der Waals surface area contributed by atoms with Gasteiger partial charge in [0.05, 0.1) is 5.56 Å². The molecule has 0 saturated heterocycles. The highest BCUT2D eigenvalue weighted by molar-refractivity contribution is 5.87. The zero-order valence-electron chi connectivity index (χ0n) is 12.5. The van der Waals surface area contributed by atoms with Crippen LogP contribution in [-0.2, 0) is 0 Å². The summed E-state index contributed by atoms with van der Waals surface area (Å²) in [4.78, 5) is 10.7. The van der Waals surface area contributed by atoms with E-state index in [0.717, 1.165) is 12.2 Å². The number of rotatable bonds is 11. The van der Waals surface area contributed by atoms with E-state index in [1.165, 1.54) is 51.4 Å². The van der Waals surface area contributed by atoms with E-state index in [2.05, 4.69) is 12.2 Å². The molecule has 20 heavy (non-hydrogen) atoms. The fourth-order valence-corrected chi connectivity index (χ4v) is 2.22. The van der Waals surface area contributed by atoms with Gasteiger partial charge in [-0.2, -0.15) is 0 Å². The van der Waals surface area contributed by atoms with E-state index in [9.17, 15) is 4.79 Å². The summed E-state index contributed by atoms with van der Waals surface area (Å²) < 4.78 is 0. The Hall–Kier alpha value is -1.51. The quantitative estimate of drug-likeness (QED) is 0.563. The van der Waals surface area contributed by atoms with Crippen LogP contribution in [0.25, 0.3) is 0 Å². The molecule has 3 heteroatoms. The number of hydrogen-bond donors (Lipinski definition) is 2. The van der Waals surface area contributed by atoms with E-state index in [4.69, 9.17) is 5.11 Å². The van der Waals surface area contributed by atoms with Crippen LogP contribution in [0.5, 0.6) is 0 Å². The molecule has 0 fully saturated rings. The van der Waals surface area contributed by atoms with Crippen molar-refractivity contribution in [1.82, 2.24) is 0 Å². The van der Waals surface area contributed by atoms with E-state index in [1.54, 1.807) is 12.1 Å². The third-order valence-corrected chi connectivity index (χ3v) is 3.49. The summed E-state index contributed by atoms with van der Waals surface area (Å²) >= 11 is 0. The Bertz CT molecular complexity index is 373. The molecule has 2 N–H and O–H groups in total. The van der Waals surface area contributed by atoms with Gasteiger partial charge in [-0.1, -0.05) is 51.9 Å². The van der Waals surface area contributed by atoms with Gasteiger partial charge in [0.1, 0.15) is 0 Å². The Morgan fingerprint density at radius 2 is 1.50 bits per heavy atom. The van der Waals surface area contributed by atoms with Crippen LogP contribution in [0.4, 0.5) is 5.69 Å². The molecule has 112 valence electrons. The Morgan fingerprint density at radius 3 is 2.05 bits per heavy atom. The number of carboxylic acids is 1. The van der Waals surface area contributed by atoms with Crippen LogP contribution < -0.4 is 5.32 Å². The Labute approximate surface area is 122 Å². The summed E-state index contributed by atoms with van der Waals surface area (Å²) in [7, 11) is 0. The SMILES string of the molecule is CCCCCCCCCCNc1ccc(C(=O)O)cc1. The first-order chi connectivity index (χ1) is 9.74. The zero-order chi connectivity index (χ0) is 14.6. The van der Waals surface area contributed by atoms with E-state index in [0.29, 0.717) is 5.56 Å². The number of aromatic carboxylic acids is 1. The largest absolute Gasteiger partial charge is 0.478 e. The van der Waals surface area contributed by atoms with E-state index in [-0.39, 0.29) is 0 Å². The van der Waals surface area contributed by atoms with Crippen LogP contribution in [0.2, 0.25) is 0 Å². The third kappa shape index (κ3) is 7.17. The maximum Gasteiger partial charge on any atom is 0.335 e. The van der Waals surface area contributed by atoms with Gasteiger partial charge in [-0.15, -0.1) is 0 Å². The van der Waals surface area contributed by atoms with Crippen molar-refractivity contribution < 1.29 is 9.90 Å². The van der Waals surface area contributed by atoms with Crippen molar-refractivity contribution in [2.75, 3.05) is 11.9 Å². The third-order valence-electron chi connectivity index (χ3n) is 3.49. The van der Waals surface area contributed by atoms with Gasteiger partial charge in [-0.25, -0.2) is 4.79 Å². The average molecular weight is 277 g/mol. The molecule has 0 bridgehead atoms. The zero-order valence-corrected chi connectivity index (χ0v) is 12.5. The molecule has 3 nitrogen and oxygen atoms in total. The number of nitrogens with one attached hydrogen (secondary N) is 1. The smallest absolute Gasteiger partial charge is 0.335 e. The number of hydrogen-bond acceptors (Lipinski definition) is 2. The number of carboxylic acid groups (broad SMARTS) is 1. The summed E-state index contributed by atoms with van der Waals surface area (Å²) in [5.41, 5.74) is 1.33. The lowest BCUT2D eigenvalue weighted by Crippen LogP contribution is -2.02. The van der Waals surface area contributed by atoms with Crippen molar-refractivity contribution >= 4 is 11.7 Å². The monoisotopic (exact) mass is 277 g/mol. The van der Waals surface area contributed by atoms with Crippen molar-refractivity contribution in [3.8, 4) is 0 Å². The molecule has 1 aromatic carbocycles. The lowest BCUT2D eigenvalue weighted by Gasteiger charge is -2.06. The molecule has 0 unspecified atom stereocenters. The Kier molecular flexibility index (Phi) is 8.52. The van der Waals surface area contributed by atoms with Gasteiger partial charge in [0, 0.05) is 12.2 Å². The first-order valence-electron chi connectivity index (χ1n) is 7.81. The molecule has 0 aliphatic rings. The highest BCUT2D eigenvalue weighted by atomic mass is 16.4. The van der Waals surface area contributed by atoms with E-state index >= 15 is 0 Å². The standard InChI is InChI=1S/C17H27NO2/c1-2-3-4-5-6-7-8-9-14-18-16-12-10-15(11-13-16)17(19)20/h10-13,18H,2-9,14H2,1H3,(H,19,20). The van der Waals surface area contributed by atoms with Gasteiger partial charge < -0.3 is 10.4 Å². The number of unbranched alkanes of at least 4 members (excludes halogenated alkanes) is 7. The predicted molar refractivity (Wildman–Crippen MR) is 84.5 cm³/mol. The first kappa shape index (κ1) is 16.5. The molecule has 0 amide bonds. The molecule has 0 spiro atoms. The summed E-state index contributed by atoms with van der Waals surface area (Å²) in [6.45, 7) is 3.20. The molecule has 0 saturated carbocycles. The van der Waals surface area contributed by atoms with Crippen LogP contribution >= 0.6 is 0 Å². The minimum atomic E-state index is -0.875. The molecule has 0 aliphatic heterocycles. The molecule has 0 aliphatic carbocycles. The Morgan fingerprint density at radius 1 is 0.950 bits per heavy atom.